The number of hydrogen-bond donors (Lipinski definition) is 2. The number of ether oxygens (including phenoxy) is 1. The molecule has 1 aromatic heterocycles. The van der Waals surface area contributed by atoms with Gasteiger partial charge in [0.1, 0.15) is 0 Å². The van der Waals surface area contributed by atoms with Crippen molar-refractivity contribution >= 4 is 11.9 Å². The summed E-state index contributed by atoms with van der Waals surface area (Å²) in [5.74, 6) is 1.14. The van der Waals surface area contributed by atoms with Gasteiger partial charge in [-0.15, -0.1) is 0 Å². The molecule has 0 radical (unpaired) electrons. The summed E-state index contributed by atoms with van der Waals surface area (Å²) in [5.41, 5.74) is 0.429. The second-order valence-electron chi connectivity index (χ2n) is 5.06. The Bertz CT molecular complexity index is 414. The number of nitrogens with zero attached hydrogens (tertiary/aromatic N) is 3. The van der Waals surface area contributed by atoms with Gasteiger partial charge < -0.3 is 15.4 Å². The third kappa shape index (κ3) is 3.24. The maximum Gasteiger partial charge on any atom is 0.322 e. The van der Waals surface area contributed by atoms with E-state index in [9.17, 15) is 0 Å². The normalized spacial score (nSPS) is 16.6. The highest BCUT2D eigenvalue weighted by Gasteiger charge is 2.34. The predicted molar refractivity (Wildman–Crippen MR) is 75.6 cm³/mol. The van der Waals surface area contributed by atoms with Crippen molar-refractivity contribution < 1.29 is 4.74 Å². The van der Waals surface area contributed by atoms with Crippen LogP contribution in [-0.4, -0.2) is 35.2 Å². The standard InChI is InChI=1S/C13H23N5O/c1-4-13(7-6-8-13)9-15-11-16-10(14-5-2)17-12(18-11)19-3/h4-9H2,1-3H3,(H2,14,15,16,17,18). The zero-order valence-corrected chi connectivity index (χ0v) is 12.0. The molecule has 1 aliphatic rings. The fraction of sp³-hybridized carbons (Fsp3) is 0.769. The van der Waals surface area contributed by atoms with Crippen molar-refractivity contribution in [2.75, 3.05) is 30.8 Å². The zero-order valence-electron chi connectivity index (χ0n) is 12.0. The van der Waals surface area contributed by atoms with E-state index in [0.717, 1.165) is 13.1 Å². The van der Waals surface area contributed by atoms with E-state index in [2.05, 4.69) is 32.5 Å². The number of rotatable bonds is 7. The highest BCUT2D eigenvalue weighted by molar-refractivity contribution is 5.36. The molecule has 0 saturated heterocycles. The van der Waals surface area contributed by atoms with Crippen molar-refractivity contribution in [3.8, 4) is 6.01 Å². The molecule has 0 unspecified atom stereocenters. The summed E-state index contributed by atoms with van der Waals surface area (Å²) < 4.78 is 5.10. The van der Waals surface area contributed by atoms with Crippen LogP contribution in [0.5, 0.6) is 6.01 Å². The molecule has 0 aliphatic heterocycles. The van der Waals surface area contributed by atoms with Gasteiger partial charge in [0.15, 0.2) is 0 Å². The highest BCUT2D eigenvalue weighted by atomic mass is 16.5. The lowest BCUT2D eigenvalue weighted by molar-refractivity contribution is 0.144. The summed E-state index contributed by atoms with van der Waals surface area (Å²) in [6, 6.07) is 0.340. The summed E-state index contributed by atoms with van der Waals surface area (Å²) in [6.45, 7) is 5.94. The van der Waals surface area contributed by atoms with E-state index in [1.54, 1.807) is 7.11 Å². The van der Waals surface area contributed by atoms with Gasteiger partial charge in [-0.2, -0.15) is 15.0 Å². The van der Waals surface area contributed by atoms with E-state index in [0.29, 0.717) is 23.3 Å². The zero-order chi connectivity index (χ0) is 13.7. The van der Waals surface area contributed by atoms with Crippen LogP contribution >= 0.6 is 0 Å². The first kappa shape index (κ1) is 13.8. The second kappa shape index (κ2) is 6.04. The number of hydrogen-bond acceptors (Lipinski definition) is 6. The monoisotopic (exact) mass is 265 g/mol. The van der Waals surface area contributed by atoms with Gasteiger partial charge in [0, 0.05) is 13.1 Å². The molecule has 106 valence electrons. The van der Waals surface area contributed by atoms with Crippen molar-refractivity contribution in [1.29, 1.82) is 0 Å². The first-order valence-corrected chi connectivity index (χ1v) is 6.99. The fourth-order valence-electron chi connectivity index (χ4n) is 2.36. The molecule has 6 nitrogen and oxygen atoms in total. The summed E-state index contributed by atoms with van der Waals surface area (Å²) in [7, 11) is 1.56. The molecule has 6 heteroatoms. The smallest absolute Gasteiger partial charge is 0.322 e. The molecule has 0 atom stereocenters. The number of anilines is 2. The lowest BCUT2D eigenvalue weighted by Crippen LogP contribution is -2.36. The summed E-state index contributed by atoms with van der Waals surface area (Å²) >= 11 is 0. The van der Waals surface area contributed by atoms with Crippen LogP contribution in [0.4, 0.5) is 11.9 Å². The Kier molecular flexibility index (Phi) is 4.39. The SMILES string of the molecule is CCNc1nc(NCC2(CC)CCC2)nc(OC)n1. The van der Waals surface area contributed by atoms with Crippen LogP contribution in [0.15, 0.2) is 0 Å². The average molecular weight is 265 g/mol. The lowest BCUT2D eigenvalue weighted by Gasteiger charge is -2.41. The first-order valence-electron chi connectivity index (χ1n) is 6.99. The quantitative estimate of drug-likeness (QED) is 0.788. The van der Waals surface area contributed by atoms with Crippen LogP contribution < -0.4 is 15.4 Å². The van der Waals surface area contributed by atoms with E-state index in [4.69, 9.17) is 4.74 Å². The number of aromatic nitrogens is 3. The van der Waals surface area contributed by atoms with E-state index >= 15 is 0 Å². The van der Waals surface area contributed by atoms with Crippen molar-refractivity contribution in [3.05, 3.63) is 0 Å². The Hall–Kier alpha value is -1.59. The van der Waals surface area contributed by atoms with E-state index < -0.39 is 0 Å². The van der Waals surface area contributed by atoms with Crippen LogP contribution in [0.1, 0.15) is 39.5 Å². The first-order chi connectivity index (χ1) is 9.21. The van der Waals surface area contributed by atoms with Gasteiger partial charge in [0.25, 0.3) is 0 Å². The molecule has 0 bridgehead atoms. The highest BCUT2D eigenvalue weighted by Crippen LogP contribution is 2.43. The minimum atomic E-state index is 0.340. The third-order valence-electron chi connectivity index (χ3n) is 3.92. The van der Waals surface area contributed by atoms with Crippen LogP contribution in [0.3, 0.4) is 0 Å². The number of nitrogens with one attached hydrogen (secondary N) is 2. The van der Waals surface area contributed by atoms with E-state index in [-0.39, 0.29) is 0 Å². The second-order valence-corrected chi connectivity index (χ2v) is 5.06. The van der Waals surface area contributed by atoms with Crippen LogP contribution in [-0.2, 0) is 0 Å². The topological polar surface area (TPSA) is 72.0 Å². The van der Waals surface area contributed by atoms with E-state index in [1.165, 1.54) is 25.7 Å². The molecule has 0 amide bonds. The van der Waals surface area contributed by atoms with Crippen molar-refractivity contribution in [3.63, 3.8) is 0 Å². The Morgan fingerprint density at radius 1 is 1.11 bits per heavy atom. The van der Waals surface area contributed by atoms with Gasteiger partial charge in [-0.05, 0) is 31.6 Å². The average Bonchev–Trinajstić information content (AvgIpc) is 2.38. The van der Waals surface area contributed by atoms with Gasteiger partial charge in [0.05, 0.1) is 7.11 Å². The minimum absolute atomic E-state index is 0.340. The van der Waals surface area contributed by atoms with Crippen molar-refractivity contribution in [1.82, 2.24) is 15.0 Å². The molecule has 0 spiro atoms. The van der Waals surface area contributed by atoms with Crippen molar-refractivity contribution in [2.45, 2.75) is 39.5 Å². The Balaban J connectivity index is 2.04. The maximum atomic E-state index is 5.10. The molecule has 1 saturated carbocycles. The molecule has 1 aliphatic carbocycles. The Morgan fingerprint density at radius 3 is 2.26 bits per heavy atom. The molecular formula is C13H23N5O. The van der Waals surface area contributed by atoms with Crippen LogP contribution in [0, 0.1) is 5.41 Å². The van der Waals surface area contributed by atoms with Crippen LogP contribution in [0.25, 0.3) is 0 Å². The van der Waals surface area contributed by atoms with Gasteiger partial charge in [0.2, 0.25) is 11.9 Å². The molecule has 19 heavy (non-hydrogen) atoms. The lowest BCUT2D eigenvalue weighted by atomic mass is 9.67. The Labute approximate surface area is 114 Å². The third-order valence-corrected chi connectivity index (χ3v) is 3.92. The predicted octanol–water partition coefficient (Wildman–Crippen LogP) is 2.30. The summed E-state index contributed by atoms with van der Waals surface area (Å²) in [5, 5.41) is 6.41. The molecular weight excluding hydrogens is 242 g/mol. The fourth-order valence-corrected chi connectivity index (χ4v) is 2.36. The van der Waals surface area contributed by atoms with E-state index in [1.807, 2.05) is 6.92 Å². The molecule has 1 aromatic rings. The van der Waals surface area contributed by atoms with Gasteiger partial charge >= 0.3 is 6.01 Å². The molecule has 2 N–H and O–H groups in total. The molecule has 0 aromatic carbocycles. The summed E-state index contributed by atoms with van der Waals surface area (Å²) in [4.78, 5) is 12.7. The minimum Gasteiger partial charge on any atom is -0.467 e. The van der Waals surface area contributed by atoms with Gasteiger partial charge in [-0.1, -0.05) is 13.3 Å². The largest absolute Gasteiger partial charge is 0.467 e. The van der Waals surface area contributed by atoms with Gasteiger partial charge in [-0.25, -0.2) is 0 Å². The Morgan fingerprint density at radius 2 is 1.79 bits per heavy atom. The maximum absolute atomic E-state index is 5.10. The molecule has 1 heterocycles. The molecule has 1 fully saturated rings. The van der Waals surface area contributed by atoms with Crippen molar-refractivity contribution in [2.24, 2.45) is 5.41 Å². The van der Waals surface area contributed by atoms with Gasteiger partial charge in [-0.3, -0.25) is 0 Å². The van der Waals surface area contributed by atoms with Crippen LogP contribution in [0.2, 0.25) is 0 Å². The summed E-state index contributed by atoms with van der Waals surface area (Å²) in [6.07, 6.45) is 5.11. The molecule has 2 rings (SSSR count). The number of methoxy groups -OCH3 is 1.